The number of rotatable bonds is 8. The molecule has 1 saturated carbocycles. The number of nitrogens with zero attached hydrogens (tertiary/aromatic N) is 3. The van der Waals surface area contributed by atoms with E-state index in [0.717, 1.165) is 35.2 Å². The Labute approximate surface area is 171 Å². The molecule has 2 aromatic rings. The van der Waals surface area contributed by atoms with Gasteiger partial charge in [0.2, 0.25) is 11.8 Å². The number of nitrogens with one attached hydrogen (secondary N) is 2. The number of aryl methyl sites for hydroxylation is 1. The molecule has 0 unspecified atom stereocenters. The van der Waals surface area contributed by atoms with Crippen molar-refractivity contribution in [3.63, 3.8) is 0 Å². The van der Waals surface area contributed by atoms with E-state index >= 15 is 0 Å². The number of thioether (sulfide) groups is 1. The second kappa shape index (κ2) is 7.86. The Morgan fingerprint density at radius 1 is 1.31 bits per heavy atom. The molecule has 152 valence electrons. The van der Waals surface area contributed by atoms with Crippen molar-refractivity contribution < 1.29 is 18.8 Å². The molecule has 1 aliphatic carbocycles. The lowest BCUT2D eigenvalue weighted by Crippen LogP contribution is -2.49. The summed E-state index contributed by atoms with van der Waals surface area (Å²) in [5.41, 5.74) is 2.36. The average molecular weight is 415 g/mol. The molecule has 0 radical (unpaired) electrons. The minimum atomic E-state index is -1.07. The first-order valence-corrected chi connectivity index (χ1v) is 10.4. The number of amides is 4. The predicted molar refractivity (Wildman–Crippen MR) is 104 cm³/mol. The minimum absolute atomic E-state index is 0.0515. The van der Waals surface area contributed by atoms with Gasteiger partial charge in [-0.05, 0) is 38.2 Å². The molecule has 1 aromatic heterocycles. The largest absolute Gasteiger partial charge is 0.416 e. The number of hydrogen-bond acceptors (Lipinski definition) is 7. The summed E-state index contributed by atoms with van der Waals surface area (Å²) >= 11 is 1.07. The van der Waals surface area contributed by atoms with Crippen LogP contribution in [-0.2, 0) is 16.0 Å². The molecule has 1 saturated heterocycles. The zero-order valence-corrected chi connectivity index (χ0v) is 16.7. The minimum Gasteiger partial charge on any atom is -0.416 e. The fourth-order valence-corrected chi connectivity index (χ4v) is 3.61. The van der Waals surface area contributed by atoms with Crippen LogP contribution >= 0.6 is 11.8 Å². The molecule has 0 bridgehead atoms. The van der Waals surface area contributed by atoms with Crippen molar-refractivity contribution in [2.75, 3.05) is 5.75 Å². The topological polar surface area (TPSA) is 117 Å². The maximum Gasteiger partial charge on any atom is 0.344 e. The van der Waals surface area contributed by atoms with Gasteiger partial charge in [0.05, 0.1) is 5.75 Å². The van der Waals surface area contributed by atoms with Crippen LogP contribution in [0.25, 0.3) is 0 Å². The Morgan fingerprint density at radius 2 is 2.07 bits per heavy atom. The van der Waals surface area contributed by atoms with E-state index in [4.69, 9.17) is 4.42 Å². The van der Waals surface area contributed by atoms with Crippen LogP contribution in [0, 0.1) is 0 Å². The molecule has 2 fully saturated rings. The van der Waals surface area contributed by atoms with Crippen molar-refractivity contribution >= 4 is 29.6 Å². The Bertz CT molecular complexity index is 930. The smallest absolute Gasteiger partial charge is 0.344 e. The van der Waals surface area contributed by atoms with Gasteiger partial charge in [-0.3, -0.25) is 15.0 Å². The van der Waals surface area contributed by atoms with Crippen LogP contribution in [0.5, 0.6) is 0 Å². The van der Waals surface area contributed by atoms with Gasteiger partial charge in [-0.25, -0.2) is 4.79 Å². The first-order valence-electron chi connectivity index (χ1n) is 9.41. The zero-order chi connectivity index (χ0) is 20.4. The van der Waals surface area contributed by atoms with Crippen molar-refractivity contribution in [1.82, 2.24) is 25.9 Å². The Balaban J connectivity index is 1.30. The number of hydrogen-bond donors (Lipinski definition) is 2. The summed E-state index contributed by atoms with van der Waals surface area (Å²) < 4.78 is 5.48. The van der Waals surface area contributed by atoms with Crippen molar-refractivity contribution in [2.24, 2.45) is 0 Å². The molecule has 4 amide bonds. The summed E-state index contributed by atoms with van der Waals surface area (Å²) in [7, 11) is 0. The lowest BCUT2D eigenvalue weighted by Gasteiger charge is -2.21. The van der Waals surface area contributed by atoms with Crippen LogP contribution in [-0.4, -0.2) is 44.3 Å². The van der Waals surface area contributed by atoms with Gasteiger partial charge in [-0.2, -0.15) is 5.01 Å². The lowest BCUT2D eigenvalue weighted by atomic mass is 9.93. The SMILES string of the molecule is C[C@]1(CCc2ccccc2)NC(=O)N(NC(=O)CSc2nnc(C3CC3)o2)C1=O. The van der Waals surface area contributed by atoms with Crippen molar-refractivity contribution in [2.45, 2.75) is 49.3 Å². The van der Waals surface area contributed by atoms with Gasteiger partial charge in [-0.1, -0.05) is 42.1 Å². The van der Waals surface area contributed by atoms with E-state index in [2.05, 4.69) is 20.9 Å². The van der Waals surface area contributed by atoms with E-state index in [1.54, 1.807) is 6.92 Å². The molecule has 10 heteroatoms. The molecule has 1 aromatic carbocycles. The molecule has 2 aliphatic rings. The molecule has 2 N–H and O–H groups in total. The standard InChI is InChI=1S/C19H21N5O4S/c1-19(10-9-12-5-3-2-4-6-12)16(26)24(17(27)20-19)23-14(25)11-29-18-22-21-15(28-18)13-7-8-13/h2-6,13H,7-11H2,1H3,(H,20,27)(H,23,25)/t19-/m1/s1. The zero-order valence-electron chi connectivity index (χ0n) is 15.9. The van der Waals surface area contributed by atoms with Crippen molar-refractivity contribution in [1.29, 1.82) is 0 Å². The van der Waals surface area contributed by atoms with Crippen molar-refractivity contribution in [3.8, 4) is 0 Å². The third-order valence-corrected chi connectivity index (χ3v) is 5.75. The first kappa shape index (κ1) is 19.4. The second-order valence-corrected chi connectivity index (χ2v) is 8.32. The second-order valence-electron chi connectivity index (χ2n) is 7.39. The van der Waals surface area contributed by atoms with Crippen LogP contribution in [0.1, 0.15) is 43.6 Å². The Kier molecular flexibility index (Phi) is 5.27. The monoisotopic (exact) mass is 415 g/mol. The summed E-state index contributed by atoms with van der Waals surface area (Å²) in [4.78, 5) is 37.2. The van der Waals surface area contributed by atoms with Crippen molar-refractivity contribution in [3.05, 3.63) is 41.8 Å². The number of benzene rings is 1. The maximum atomic E-state index is 12.7. The normalized spacial score (nSPS) is 21.3. The highest BCUT2D eigenvalue weighted by Gasteiger charge is 2.48. The van der Waals surface area contributed by atoms with E-state index in [1.165, 1.54) is 0 Å². The predicted octanol–water partition coefficient (Wildman–Crippen LogP) is 2.01. The number of hydrazine groups is 1. The van der Waals surface area contributed by atoms with Crippen LogP contribution < -0.4 is 10.7 Å². The highest BCUT2D eigenvalue weighted by molar-refractivity contribution is 7.99. The molecule has 0 spiro atoms. The molecule has 4 rings (SSSR count). The van der Waals surface area contributed by atoms with Gasteiger partial charge in [0.25, 0.3) is 11.1 Å². The highest BCUT2D eigenvalue weighted by atomic mass is 32.2. The Morgan fingerprint density at radius 3 is 2.79 bits per heavy atom. The third-order valence-electron chi connectivity index (χ3n) is 4.93. The summed E-state index contributed by atoms with van der Waals surface area (Å²) in [5.74, 6) is -0.103. The van der Waals surface area contributed by atoms with Gasteiger partial charge < -0.3 is 9.73 Å². The fourth-order valence-electron chi connectivity index (χ4n) is 3.05. The van der Waals surface area contributed by atoms with E-state index in [0.29, 0.717) is 29.9 Å². The molecular formula is C19H21N5O4S. The molecular weight excluding hydrogens is 394 g/mol. The number of carbonyl (C=O) groups excluding carboxylic acids is 3. The Hall–Kier alpha value is -2.88. The molecule has 1 atom stereocenters. The number of carbonyl (C=O) groups is 3. The van der Waals surface area contributed by atoms with Gasteiger partial charge >= 0.3 is 6.03 Å². The van der Waals surface area contributed by atoms with E-state index in [-0.39, 0.29) is 5.75 Å². The van der Waals surface area contributed by atoms with Gasteiger partial charge in [0.15, 0.2) is 0 Å². The summed E-state index contributed by atoms with van der Waals surface area (Å²) in [6, 6.07) is 9.06. The lowest BCUT2D eigenvalue weighted by molar-refractivity contribution is -0.138. The van der Waals surface area contributed by atoms with Gasteiger partial charge in [-0.15, -0.1) is 10.2 Å². The van der Waals surface area contributed by atoms with E-state index in [1.807, 2.05) is 30.3 Å². The summed E-state index contributed by atoms with van der Waals surface area (Å²) in [6.45, 7) is 1.66. The summed E-state index contributed by atoms with van der Waals surface area (Å²) in [6.07, 6.45) is 3.14. The molecule has 2 heterocycles. The quantitative estimate of drug-likeness (QED) is 0.500. The van der Waals surface area contributed by atoms with Crippen LogP contribution in [0.4, 0.5) is 4.79 Å². The van der Waals surface area contributed by atoms with Gasteiger partial charge in [0.1, 0.15) is 5.54 Å². The molecule has 1 aliphatic heterocycles. The number of urea groups is 1. The third kappa shape index (κ3) is 4.42. The van der Waals surface area contributed by atoms with Crippen LogP contribution in [0.15, 0.2) is 40.0 Å². The number of imide groups is 1. The molecule has 9 nitrogen and oxygen atoms in total. The first-order chi connectivity index (χ1) is 13.9. The average Bonchev–Trinajstić information content (AvgIpc) is 3.42. The van der Waals surface area contributed by atoms with Crippen LogP contribution in [0.2, 0.25) is 0 Å². The fraction of sp³-hybridized carbons (Fsp3) is 0.421. The van der Waals surface area contributed by atoms with E-state index < -0.39 is 23.4 Å². The maximum absolute atomic E-state index is 12.7. The van der Waals surface area contributed by atoms with E-state index in [9.17, 15) is 14.4 Å². The van der Waals surface area contributed by atoms with Crippen LogP contribution in [0.3, 0.4) is 0 Å². The highest BCUT2D eigenvalue weighted by Crippen LogP contribution is 2.39. The molecule has 29 heavy (non-hydrogen) atoms. The number of aromatic nitrogens is 2. The van der Waals surface area contributed by atoms with Gasteiger partial charge in [0, 0.05) is 5.92 Å². The summed E-state index contributed by atoms with van der Waals surface area (Å²) in [5, 5.41) is 11.6.